The van der Waals surface area contributed by atoms with Gasteiger partial charge in [-0.3, -0.25) is 19.2 Å². The molecule has 0 fully saturated rings. The third-order valence-corrected chi connectivity index (χ3v) is 7.05. The molecule has 4 aromatic carbocycles. The van der Waals surface area contributed by atoms with Gasteiger partial charge in [0.15, 0.2) is 0 Å². The molecule has 186 valence electrons. The first-order chi connectivity index (χ1) is 17.7. The van der Waals surface area contributed by atoms with Gasteiger partial charge in [-0.15, -0.1) is 0 Å². The van der Waals surface area contributed by atoms with Crippen LogP contribution in [0.15, 0.2) is 95.4 Å². The summed E-state index contributed by atoms with van der Waals surface area (Å²) in [7, 11) is -3.73. The molecule has 0 aliphatic carbocycles. The number of fused-ring (bicyclic) bond motifs is 3. The van der Waals surface area contributed by atoms with Crippen LogP contribution in [-0.4, -0.2) is 25.5 Å². The number of furan rings is 1. The molecular formula is C27H21N3O6S. The molecule has 0 aliphatic heterocycles. The first-order valence-electron chi connectivity index (χ1n) is 11.2. The van der Waals surface area contributed by atoms with Crippen molar-refractivity contribution < 1.29 is 22.6 Å². The summed E-state index contributed by atoms with van der Waals surface area (Å²) in [6.07, 6.45) is 1.03. The number of nitro groups is 1. The number of carbonyl (C=O) groups excluding carboxylic acids is 1. The number of para-hydroxylation sites is 1. The Kier molecular flexibility index (Phi) is 6.10. The van der Waals surface area contributed by atoms with Crippen LogP contribution in [0.25, 0.3) is 21.9 Å². The zero-order chi connectivity index (χ0) is 26.2. The number of rotatable bonds is 7. The number of anilines is 2. The number of nitrogens with one attached hydrogen (secondary N) is 1. The summed E-state index contributed by atoms with van der Waals surface area (Å²) in [5.41, 5.74) is 2.97. The second kappa shape index (κ2) is 9.40. The van der Waals surface area contributed by atoms with Crippen LogP contribution in [0, 0.1) is 10.1 Å². The summed E-state index contributed by atoms with van der Waals surface area (Å²) >= 11 is 0. The molecule has 0 spiro atoms. The van der Waals surface area contributed by atoms with Crippen LogP contribution in [0.4, 0.5) is 17.1 Å². The molecule has 1 amide bonds. The van der Waals surface area contributed by atoms with Crippen molar-refractivity contribution in [2.45, 2.75) is 6.54 Å². The van der Waals surface area contributed by atoms with Crippen molar-refractivity contribution in [3.05, 3.63) is 112 Å². The lowest BCUT2D eigenvalue weighted by atomic mass is 10.1. The molecular weight excluding hydrogens is 494 g/mol. The molecule has 0 unspecified atom stereocenters. The Hall–Kier alpha value is -4.70. The second-order valence-electron chi connectivity index (χ2n) is 8.51. The van der Waals surface area contributed by atoms with Crippen LogP contribution in [-0.2, 0) is 16.6 Å². The highest BCUT2D eigenvalue weighted by molar-refractivity contribution is 7.92. The SMILES string of the molecule is CS(=O)(=O)N(Cc1ccc(C(=O)Nc2ccc3c(c2)oc2ccccc23)cc1)c1cccc([N+](=O)[O-])c1. The Bertz CT molecular complexity index is 1760. The first-order valence-corrected chi connectivity index (χ1v) is 13.1. The van der Waals surface area contributed by atoms with E-state index >= 15 is 0 Å². The van der Waals surface area contributed by atoms with E-state index in [9.17, 15) is 23.3 Å². The monoisotopic (exact) mass is 515 g/mol. The van der Waals surface area contributed by atoms with E-state index in [2.05, 4.69) is 5.32 Å². The predicted octanol–water partition coefficient (Wildman–Crippen LogP) is 5.71. The molecule has 1 heterocycles. The Morgan fingerprint density at radius 1 is 0.919 bits per heavy atom. The van der Waals surface area contributed by atoms with Crippen LogP contribution in [0.3, 0.4) is 0 Å². The molecule has 0 bridgehead atoms. The molecule has 0 aliphatic rings. The molecule has 5 aromatic rings. The van der Waals surface area contributed by atoms with Gasteiger partial charge in [-0.05, 0) is 42.0 Å². The van der Waals surface area contributed by atoms with Crippen LogP contribution >= 0.6 is 0 Å². The smallest absolute Gasteiger partial charge is 0.271 e. The quantitative estimate of drug-likeness (QED) is 0.219. The number of amides is 1. The highest BCUT2D eigenvalue weighted by Crippen LogP contribution is 2.30. The van der Waals surface area contributed by atoms with E-state index in [-0.39, 0.29) is 23.8 Å². The highest BCUT2D eigenvalue weighted by Gasteiger charge is 2.20. The first kappa shape index (κ1) is 24.0. The van der Waals surface area contributed by atoms with Gasteiger partial charge in [0.05, 0.1) is 23.4 Å². The topological polar surface area (TPSA) is 123 Å². The van der Waals surface area contributed by atoms with Crippen molar-refractivity contribution in [1.29, 1.82) is 0 Å². The predicted molar refractivity (Wildman–Crippen MR) is 142 cm³/mol. The normalized spacial score (nSPS) is 11.5. The summed E-state index contributed by atoms with van der Waals surface area (Å²) in [5, 5.41) is 15.9. The fraction of sp³-hybridized carbons (Fsp3) is 0.0741. The Balaban J connectivity index is 1.33. The molecule has 0 saturated heterocycles. The number of hydrogen-bond acceptors (Lipinski definition) is 6. The fourth-order valence-corrected chi connectivity index (χ4v) is 4.98. The van der Waals surface area contributed by atoms with Gasteiger partial charge in [-0.2, -0.15) is 0 Å². The Morgan fingerprint density at radius 3 is 2.38 bits per heavy atom. The summed E-state index contributed by atoms with van der Waals surface area (Å²) in [6, 6.07) is 25.1. The molecule has 9 nitrogen and oxygen atoms in total. The summed E-state index contributed by atoms with van der Waals surface area (Å²) in [6.45, 7) is -0.0510. The average Bonchev–Trinajstić information content (AvgIpc) is 3.24. The maximum absolute atomic E-state index is 12.8. The van der Waals surface area contributed by atoms with Gasteiger partial charge in [-0.25, -0.2) is 8.42 Å². The Morgan fingerprint density at radius 2 is 1.65 bits per heavy atom. The van der Waals surface area contributed by atoms with Gasteiger partial charge in [0, 0.05) is 40.2 Å². The number of non-ortho nitro benzene ring substituents is 1. The standard InChI is InChI=1S/C27H21N3O6S/c1-37(34,35)29(21-5-4-6-22(16-21)30(32)33)17-18-9-11-19(12-10-18)27(31)28-20-13-14-24-23-7-2-3-8-25(23)36-26(24)15-20/h2-16H,17H2,1H3,(H,28,31). The minimum Gasteiger partial charge on any atom is -0.456 e. The lowest BCUT2D eigenvalue weighted by molar-refractivity contribution is -0.384. The minimum absolute atomic E-state index is 0.0510. The number of nitro benzene ring substituents is 1. The highest BCUT2D eigenvalue weighted by atomic mass is 32.2. The lowest BCUT2D eigenvalue weighted by Crippen LogP contribution is -2.29. The molecule has 0 saturated carbocycles. The minimum atomic E-state index is -3.73. The summed E-state index contributed by atoms with van der Waals surface area (Å²) in [5.74, 6) is -0.333. The summed E-state index contributed by atoms with van der Waals surface area (Å²) in [4.78, 5) is 23.4. The molecule has 1 aromatic heterocycles. The van der Waals surface area contributed by atoms with Gasteiger partial charge in [0.2, 0.25) is 10.0 Å². The van der Waals surface area contributed by atoms with E-state index in [4.69, 9.17) is 4.42 Å². The Labute approximate surface area is 212 Å². The average molecular weight is 516 g/mol. The van der Waals surface area contributed by atoms with E-state index in [1.807, 2.05) is 30.3 Å². The van der Waals surface area contributed by atoms with Gasteiger partial charge in [0.25, 0.3) is 11.6 Å². The van der Waals surface area contributed by atoms with Crippen molar-refractivity contribution in [2.75, 3.05) is 15.9 Å². The fourth-order valence-electron chi connectivity index (χ4n) is 4.10. The van der Waals surface area contributed by atoms with E-state index < -0.39 is 14.9 Å². The van der Waals surface area contributed by atoms with E-state index in [0.717, 1.165) is 26.9 Å². The third-order valence-electron chi connectivity index (χ3n) is 5.91. The van der Waals surface area contributed by atoms with Crippen LogP contribution in [0.5, 0.6) is 0 Å². The molecule has 37 heavy (non-hydrogen) atoms. The zero-order valence-electron chi connectivity index (χ0n) is 19.6. The number of nitrogens with zero attached hydrogens (tertiary/aromatic N) is 2. The zero-order valence-corrected chi connectivity index (χ0v) is 20.4. The van der Waals surface area contributed by atoms with Crippen LogP contribution in [0.1, 0.15) is 15.9 Å². The van der Waals surface area contributed by atoms with E-state index in [1.165, 1.54) is 24.3 Å². The van der Waals surface area contributed by atoms with Gasteiger partial charge < -0.3 is 9.73 Å². The number of hydrogen-bond donors (Lipinski definition) is 1. The number of carbonyl (C=O) groups is 1. The van der Waals surface area contributed by atoms with E-state index in [0.29, 0.717) is 22.4 Å². The van der Waals surface area contributed by atoms with Gasteiger partial charge in [0.1, 0.15) is 11.2 Å². The molecule has 10 heteroatoms. The van der Waals surface area contributed by atoms with Gasteiger partial charge >= 0.3 is 0 Å². The second-order valence-corrected chi connectivity index (χ2v) is 10.4. The van der Waals surface area contributed by atoms with Gasteiger partial charge in [-0.1, -0.05) is 36.4 Å². The van der Waals surface area contributed by atoms with Crippen LogP contribution < -0.4 is 9.62 Å². The molecule has 1 N–H and O–H groups in total. The molecule has 5 rings (SSSR count). The largest absolute Gasteiger partial charge is 0.456 e. The van der Waals surface area contributed by atoms with Crippen LogP contribution in [0.2, 0.25) is 0 Å². The lowest BCUT2D eigenvalue weighted by Gasteiger charge is -2.22. The van der Waals surface area contributed by atoms with Crippen molar-refractivity contribution in [2.24, 2.45) is 0 Å². The maximum Gasteiger partial charge on any atom is 0.271 e. The van der Waals surface area contributed by atoms with Crippen molar-refractivity contribution in [1.82, 2.24) is 0 Å². The maximum atomic E-state index is 12.8. The van der Waals surface area contributed by atoms with Crippen molar-refractivity contribution >= 4 is 54.9 Å². The van der Waals surface area contributed by atoms with Crippen molar-refractivity contribution in [3.8, 4) is 0 Å². The van der Waals surface area contributed by atoms with E-state index in [1.54, 1.807) is 36.4 Å². The van der Waals surface area contributed by atoms with Crippen molar-refractivity contribution in [3.63, 3.8) is 0 Å². The molecule has 0 atom stereocenters. The number of sulfonamides is 1. The third kappa shape index (κ3) is 5.00. The number of benzene rings is 4. The summed E-state index contributed by atoms with van der Waals surface area (Å²) < 4.78 is 31.8. The molecule has 0 radical (unpaired) electrons.